The summed E-state index contributed by atoms with van der Waals surface area (Å²) in [5, 5.41) is 8.85. The lowest BCUT2D eigenvalue weighted by Crippen LogP contribution is -2.12. The van der Waals surface area contributed by atoms with E-state index in [0.717, 1.165) is 39.6 Å². The summed E-state index contributed by atoms with van der Waals surface area (Å²) in [7, 11) is -10.5. The number of Topliss-reactive ketones (excluding diaryl/α,β-unsaturated/α-hetero) is 1. The van der Waals surface area contributed by atoms with Gasteiger partial charge in [0.25, 0.3) is 0 Å². The summed E-state index contributed by atoms with van der Waals surface area (Å²) in [6.07, 6.45) is 2.91. The van der Waals surface area contributed by atoms with Gasteiger partial charge in [0, 0.05) is 51.7 Å². The third kappa shape index (κ3) is 14.4. The molecule has 6 rings (SSSR count). The molecule has 0 saturated carbocycles. The Balaban J connectivity index is 0.000000235. The van der Waals surface area contributed by atoms with Crippen molar-refractivity contribution in [3.63, 3.8) is 0 Å². The largest absolute Gasteiger partial charge is 0.476 e. The third-order valence-corrected chi connectivity index (χ3v) is 18.3. The van der Waals surface area contributed by atoms with E-state index in [4.69, 9.17) is 31.4 Å². The molecule has 6 aromatic rings. The zero-order chi connectivity index (χ0) is 48.0. The standard InChI is InChI=1S/C21H22N3O6PS.C11H9N3O2.C9H14NO5PS/c1-29-31(26,30-2)14-32(27,28)17-10-8-15(9-11-17)12-19(25)20-21(22)23-13-18(24-20)16-6-4-3-5-7-16;12-10-9(11(15)16)14-8(6-13-10)7-4-2-1-3-5-7;1-14-16(11,15-2)7-17(12,13)9-5-3-8(10)4-6-9/h3-11,13H,12,14H2,1-2H3,(H2,22,23);1-6H,(H2,12,13)(H,15,16);3-6H,7,10H2,1-2H3. The Bertz CT molecular complexity index is 2900. The van der Waals surface area contributed by atoms with Crippen LogP contribution < -0.4 is 17.2 Å². The number of nitrogen functional groups attached to an aromatic ring is 3. The number of ketones is 1. The maximum Gasteiger partial charge on any atom is 0.358 e. The first-order valence-corrected chi connectivity index (χ1v) is 25.4. The predicted molar refractivity (Wildman–Crippen MR) is 243 cm³/mol. The Labute approximate surface area is 375 Å². The van der Waals surface area contributed by atoms with Gasteiger partial charge in [-0.3, -0.25) is 13.9 Å². The highest BCUT2D eigenvalue weighted by atomic mass is 32.2. The molecule has 0 unspecified atom stereocenters. The van der Waals surface area contributed by atoms with E-state index in [1.807, 2.05) is 60.7 Å². The van der Waals surface area contributed by atoms with Crippen LogP contribution in [0, 0.1) is 0 Å². The highest BCUT2D eigenvalue weighted by molar-refractivity contribution is 7.98. The zero-order valence-corrected chi connectivity index (χ0v) is 38.7. The molecule has 0 aliphatic heterocycles. The van der Waals surface area contributed by atoms with Gasteiger partial charge >= 0.3 is 21.2 Å². The smallest absolute Gasteiger partial charge is 0.358 e. The number of carboxylic acid groups (broad SMARTS) is 1. The highest BCUT2D eigenvalue weighted by Gasteiger charge is 2.32. The summed E-state index contributed by atoms with van der Waals surface area (Å²) in [6, 6.07) is 29.7. The second-order valence-electron chi connectivity index (χ2n) is 13.3. The lowest BCUT2D eigenvalue weighted by molar-refractivity contribution is 0.0691. The fourth-order valence-corrected chi connectivity index (χ4v) is 12.9. The summed E-state index contributed by atoms with van der Waals surface area (Å²) in [5.41, 5.74) is 18.7. The van der Waals surface area contributed by atoms with Gasteiger partial charge in [-0.2, -0.15) is 0 Å². The van der Waals surface area contributed by atoms with Crippen LogP contribution in [0.3, 0.4) is 0 Å². The Morgan fingerprint density at radius 1 is 0.569 bits per heavy atom. The lowest BCUT2D eigenvalue weighted by Gasteiger charge is -2.14. The van der Waals surface area contributed by atoms with Crippen molar-refractivity contribution in [2.24, 2.45) is 0 Å². The molecule has 65 heavy (non-hydrogen) atoms. The molecule has 2 aromatic heterocycles. The van der Waals surface area contributed by atoms with Crippen LogP contribution in [-0.4, -0.2) is 93.1 Å². The van der Waals surface area contributed by atoms with Crippen LogP contribution in [0.25, 0.3) is 22.5 Å². The van der Waals surface area contributed by atoms with Gasteiger partial charge in [-0.1, -0.05) is 72.8 Å². The molecule has 0 bridgehead atoms. The quantitative estimate of drug-likeness (QED) is 0.0471. The molecule has 0 radical (unpaired) electrons. The molecule has 0 atom stereocenters. The van der Waals surface area contributed by atoms with Gasteiger partial charge in [0.1, 0.15) is 5.69 Å². The summed E-state index contributed by atoms with van der Waals surface area (Å²) in [4.78, 5) is 39.8. The molecule has 2 heterocycles. The average Bonchev–Trinajstić information content (AvgIpc) is 3.30. The third-order valence-electron chi connectivity index (χ3n) is 8.86. The van der Waals surface area contributed by atoms with E-state index < -0.39 is 51.8 Å². The molecule has 4 aromatic carbocycles. The molecule has 24 heteroatoms. The number of rotatable bonds is 16. The van der Waals surface area contributed by atoms with Gasteiger partial charge in [0.05, 0.1) is 33.6 Å². The number of anilines is 3. The van der Waals surface area contributed by atoms with E-state index in [2.05, 4.69) is 29.0 Å². The lowest BCUT2D eigenvalue weighted by atomic mass is 10.1. The van der Waals surface area contributed by atoms with Gasteiger partial charge in [-0.15, -0.1) is 0 Å². The number of sulfone groups is 2. The number of nitrogens with zero attached hydrogens (tertiary/aromatic N) is 4. The Hall–Kier alpha value is -6.22. The van der Waals surface area contributed by atoms with E-state index in [1.165, 1.54) is 60.9 Å². The van der Waals surface area contributed by atoms with Gasteiger partial charge in [0.2, 0.25) is 0 Å². The van der Waals surface area contributed by atoms with E-state index in [9.17, 15) is 35.6 Å². The van der Waals surface area contributed by atoms with Crippen molar-refractivity contribution in [1.29, 1.82) is 0 Å². The molecular formula is C41H45N7O13P2S2. The van der Waals surface area contributed by atoms with Crippen LogP contribution in [0.5, 0.6) is 0 Å². The highest BCUT2D eigenvalue weighted by Crippen LogP contribution is 2.49. The topological polar surface area (TPSA) is 323 Å². The van der Waals surface area contributed by atoms with Gasteiger partial charge in [-0.25, -0.2) is 41.6 Å². The minimum atomic E-state index is -3.92. The fraction of sp³-hybridized carbons (Fsp3) is 0.171. The number of carbonyl (C=O) groups excluding carboxylic acids is 1. The molecule has 7 N–H and O–H groups in total. The van der Waals surface area contributed by atoms with Crippen molar-refractivity contribution < 1.29 is 58.8 Å². The van der Waals surface area contributed by atoms with Crippen LogP contribution in [0.15, 0.2) is 131 Å². The Morgan fingerprint density at radius 3 is 1.32 bits per heavy atom. The molecule has 0 saturated heterocycles. The molecule has 0 aliphatic carbocycles. The number of carbonyl (C=O) groups is 2. The molecule has 0 fully saturated rings. The molecule has 20 nitrogen and oxygen atoms in total. The summed E-state index contributed by atoms with van der Waals surface area (Å²) in [6.45, 7) is 0. The molecule has 0 aliphatic rings. The van der Waals surface area contributed by atoms with Crippen LogP contribution >= 0.6 is 15.2 Å². The summed E-state index contributed by atoms with van der Waals surface area (Å²) in [5.74, 6) is -1.59. The van der Waals surface area contributed by atoms with E-state index >= 15 is 0 Å². The number of hydrogen-bond donors (Lipinski definition) is 4. The van der Waals surface area contributed by atoms with Crippen LogP contribution in [0.4, 0.5) is 17.3 Å². The van der Waals surface area contributed by atoms with Crippen LogP contribution in [0.2, 0.25) is 0 Å². The normalized spacial score (nSPS) is 11.6. The zero-order valence-electron chi connectivity index (χ0n) is 35.2. The van der Waals surface area contributed by atoms with Crippen molar-refractivity contribution in [1.82, 2.24) is 19.9 Å². The Morgan fingerprint density at radius 2 is 0.938 bits per heavy atom. The monoisotopic (exact) mass is 969 g/mol. The molecule has 344 valence electrons. The van der Waals surface area contributed by atoms with Crippen LogP contribution in [-0.2, 0) is 53.3 Å². The summed E-state index contributed by atoms with van der Waals surface area (Å²) >= 11 is 0. The minimum Gasteiger partial charge on any atom is -0.476 e. The van der Waals surface area contributed by atoms with Crippen LogP contribution in [0.1, 0.15) is 26.5 Å². The second kappa shape index (κ2) is 22.6. The van der Waals surface area contributed by atoms with E-state index in [1.54, 1.807) is 0 Å². The van der Waals surface area contributed by atoms with E-state index in [0.29, 0.717) is 22.6 Å². The number of aromatic nitrogens is 4. The maximum atomic E-state index is 12.8. The van der Waals surface area contributed by atoms with E-state index in [-0.39, 0.29) is 45.0 Å². The van der Waals surface area contributed by atoms with Gasteiger partial charge in [-0.05, 0) is 42.0 Å². The number of hydrogen-bond acceptors (Lipinski definition) is 19. The predicted octanol–water partition coefficient (Wildman–Crippen LogP) is 6.28. The SMILES string of the molecule is COP(=O)(CS(=O)(=O)c1ccc(CC(=O)c2nc(-c3ccccc3)cnc2N)cc1)OC.COP(=O)(CS(=O)(=O)c1ccc(N)cc1)OC.Nc1ncc(-c2ccccc2)nc1C(=O)O. The number of aromatic carboxylic acids is 1. The molecular weight excluding hydrogens is 925 g/mol. The summed E-state index contributed by atoms with van der Waals surface area (Å²) < 4.78 is 91.4. The van der Waals surface area contributed by atoms with Crippen molar-refractivity contribution in [3.05, 3.63) is 139 Å². The number of nitrogens with two attached hydrogens (primary N) is 3. The van der Waals surface area contributed by atoms with Crippen molar-refractivity contribution in [2.45, 2.75) is 16.2 Å². The first-order chi connectivity index (χ1) is 30.7. The van der Waals surface area contributed by atoms with Gasteiger partial charge < -0.3 is 40.4 Å². The molecule has 0 spiro atoms. The second-order valence-corrected chi connectivity index (χ2v) is 22.6. The average molecular weight is 970 g/mol. The first kappa shape index (κ1) is 51.4. The maximum absolute atomic E-state index is 12.8. The minimum absolute atomic E-state index is 0.0174. The fourth-order valence-electron chi connectivity index (χ4n) is 5.34. The first-order valence-electron chi connectivity index (χ1n) is 18.6. The van der Waals surface area contributed by atoms with Crippen molar-refractivity contribution in [3.8, 4) is 22.5 Å². The molecule has 0 amide bonds. The van der Waals surface area contributed by atoms with Gasteiger partial charge in [0.15, 0.2) is 53.8 Å². The van der Waals surface area contributed by atoms with Crippen molar-refractivity contribution >= 4 is 63.9 Å². The van der Waals surface area contributed by atoms with Crippen molar-refractivity contribution in [2.75, 3.05) is 56.6 Å². The Kier molecular flexibility index (Phi) is 17.9. The number of carboxylic acids is 1. The number of benzene rings is 4.